The number of thiophene rings is 1. The smallest absolute Gasteiger partial charge is 0.347 e. The molecule has 23 heteroatoms. The van der Waals surface area contributed by atoms with E-state index in [-0.39, 0.29) is 57.8 Å². The average Bonchev–Trinajstić information content (AvgIpc) is 1.73. The number of aromatic nitrogens is 4. The van der Waals surface area contributed by atoms with E-state index in [1.54, 1.807) is 83.0 Å². The van der Waals surface area contributed by atoms with E-state index in [2.05, 4.69) is 38.8 Å². The highest BCUT2D eigenvalue weighted by Crippen LogP contribution is 2.51. The maximum atomic E-state index is 14.9. The molecule has 2 atom stereocenters. The van der Waals surface area contributed by atoms with Gasteiger partial charge in [-0.1, -0.05) is 141 Å². The van der Waals surface area contributed by atoms with E-state index in [4.69, 9.17) is 84.7 Å². The number of hydrogen-bond donors (Lipinski definition) is 0. The average molecular weight is 1460 g/mol. The summed E-state index contributed by atoms with van der Waals surface area (Å²) in [4.78, 5) is 34.3. The van der Waals surface area contributed by atoms with Gasteiger partial charge >= 0.3 is 5.97 Å². The topological polar surface area (TPSA) is 195 Å². The molecule has 0 saturated carbocycles. The highest BCUT2D eigenvalue weighted by atomic mass is 35.5. The van der Waals surface area contributed by atoms with E-state index in [0.29, 0.717) is 94.3 Å². The van der Waals surface area contributed by atoms with Crippen LogP contribution in [0.3, 0.4) is 0 Å². The zero-order chi connectivity index (χ0) is 71.6. The van der Waals surface area contributed by atoms with Crippen LogP contribution in [0, 0.1) is 12.7 Å². The van der Waals surface area contributed by atoms with E-state index < -0.39 is 54.6 Å². The van der Waals surface area contributed by atoms with Gasteiger partial charge in [-0.25, -0.2) is 29.1 Å². The number of rotatable bonds is 29. The van der Waals surface area contributed by atoms with Crippen LogP contribution in [0.25, 0.3) is 43.2 Å². The Morgan fingerprint density at radius 2 is 1.31 bits per heavy atom. The first-order valence-electron chi connectivity index (χ1n) is 32.4. The Morgan fingerprint density at radius 1 is 0.673 bits per heavy atom. The lowest BCUT2D eigenvalue weighted by molar-refractivity contribution is -0.151. The molecule has 3 aromatic heterocycles. The van der Waals surface area contributed by atoms with Crippen LogP contribution in [0.4, 0.5) is 4.39 Å². The van der Waals surface area contributed by atoms with Crippen molar-refractivity contribution >= 4 is 69.2 Å². The van der Waals surface area contributed by atoms with Crippen molar-refractivity contribution in [1.82, 2.24) is 19.9 Å². The van der Waals surface area contributed by atoms with Crippen molar-refractivity contribution in [2.45, 2.75) is 88.5 Å². The molecule has 522 valence electrons. The number of carbonyl (C=O) groups is 1. The van der Waals surface area contributed by atoms with Gasteiger partial charge in [0.25, 0.3) is 10.1 Å². The second kappa shape index (κ2) is 31.6. The Morgan fingerprint density at radius 3 is 1.94 bits per heavy atom. The number of aryl methyl sites for hydroxylation is 1. The van der Waals surface area contributed by atoms with Gasteiger partial charge in [0.2, 0.25) is 20.3 Å². The van der Waals surface area contributed by atoms with Crippen molar-refractivity contribution in [3.05, 3.63) is 250 Å². The molecule has 3 heterocycles. The van der Waals surface area contributed by atoms with Crippen LogP contribution in [0.2, 0.25) is 28.2 Å². The maximum absolute atomic E-state index is 14.9. The molecule has 11 rings (SSSR count). The lowest BCUT2D eigenvalue weighted by atomic mass is 9.80. The van der Waals surface area contributed by atoms with E-state index in [0.717, 1.165) is 11.1 Å². The van der Waals surface area contributed by atoms with E-state index in [1.807, 2.05) is 122 Å². The SMILES string of the molecule is CCOC(=O)[C@@H](Cc1cc(O[Si](C)(C)C(C)(C)C)ccc1OCc1ccnc(-c2ccccc2OC)n1)Oc1ncnc2sc(-c3ccc(F)cc3)c(-c3cc(Cl)c(O[C@H](COC(c4ccccc4)(c4ccc(OC)cc4)c4ccc(OC)cc4)COS(=O)(=O)c4ccc(C)cc4)c(Cl)c3)c12. The molecule has 0 radical (unpaired) electrons. The maximum Gasteiger partial charge on any atom is 0.347 e. The molecule has 0 spiro atoms. The zero-order valence-corrected chi connectivity index (χ0v) is 61.4. The minimum atomic E-state index is -4.40. The lowest BCUT2D eigenvalue weighted by Gasteiger charge is -2.37. The summed E-state index contributed by atoms with van der Waals surface area (Å²) in [6, 6.07) is 54.6. The van der Waals surface area contributed by atoms with Gasteiger partial charge in [-0.3, -0.25) is 4.18 Å². The summed E-state index contributed by atoms with van der Waals surface area (Å²) in [6.45, 7) is 13.4. The van der Waals surface area contributed by atoms with Crippen molar-refractivity contribution in [2.24, 2.45) is 0 Å². The standard InChI is InChI=1S/C78H75Cl2FN4O13S2Si/c1-11-92-76(86)68(44-51-41-60(98-101(9,10)77(3,4)5)35-38-66(51)93-45-57-39-40-82-73(85-57)63-19-15-16-20-67(63)91-8)97-74-70-69(72(99-75(70)84-48-83-74)50-23-29-56(81)30-24-50)52-42-64(79)71(65(80)43-52)96-61(47-95-100(87,88)62-36-21-49(2)22-37-62)46-94-78(53-17-13-12-14-18-53,54-25-31-58(89-6)32-26-54)55-27-33-59(90-7)34-28-55/h12-43,48,61,68H,11,44-47H2,1-10H3/t61-,68-/m1/s1. The fourth-order valence-corrected chi connectivity index (χ4v) is 14.8. The van der Waals surface area contributed by atoms with Crippen LogP contribution >= 0.6 is 34.5 Å². The van der Waals surface area contributed by atoms with Gasteiger partial charge in [-0.05, 0) is 157 Å². The number of fused-ring (bicyclic) bond motifs is 1. The number of nitrogens with zero attached hydrogens (tertiary/aromatic N) is 4. The van der Waals surface area contributed by atoms with Gasteiger partial charge < -0.3 is 42.3 Å². The monoisotopic (exact) mass is 1460 g/mol. The number of ether oxygens (including phenoxy) is 8. The van der Waals surface area contributed by atoms with Crippen LogP contribution in [0.15, 0.2) is 205 Å². The van der Waals surface area contributed by atoms with Gasteiger partial charge in [0.1, 0.15) is 70.6 Å². The number of halogens is 3. The van der Waals surface area contributed by atoms with Crippen molar-refractivity contribution in [3.63, 3.8) is 0 Å². The van der Waals surface area contributed by atoms with Crippen LogP contribution in [-0.4, -0.2) is 96.0 Å². The fraction of sp³-hybridized carbons (Fsp3) is 0.244. The highest BCUT2D eigenvalue weighted by molar-refractivity contribution is 7.86. The minimum Gasteiger partial charge on any atom is -0.543 e. The first-order chi connectivity index (χ1) is 48.5. The first kappa shape index (κ1) is 72.8. The number of para-hydroxylation sites is 1. The van der Waals surface area contributed by atoms with Crippen LogP contribution in [-0.2, 0) is 47.2 Å². The van der Waals surface area contributed by atoms with Crippen molar-refractivity contribution in [3.8, 4) is 73.3 Å². The molecular weight excluding hydrogens is 1380 g/mol. The number of carbonyl (C=O) groups excluding carboxylic acids is 1. The third-order valence-electron chi connectivity index (χ3n) is 17.4. The number of methoxy groups -OCH3 is 3. The Bertz CT molecular complexity index is 4750. The van der Waals surface area contributed by atoms with Gasteiger partial charge in [0, 0.05) is 28.6 Å². The quantitative estimate of drug-likeness (QED) is 0.0186. The largest absolute Gasteiger partial charge is 0.543 e. The molecule has 17 nitrogen and oxygen atoms in total. The zero-order valence-electron chi connectivity index (χ0n) is 57.3. The molecule has 0 unspecified atom stereocenters. The summed E-state index contributed by atoms with van der Waals surface area (Å²) >= 11 is 16.2. The summed E-state index contributed by atoms with van der Waals surface area (Å²) in [6.07, 6.45) is 0.253. The molecular formula is C78H75Cl2FN4O13S2Si. The molecule has 0 fully saturated rings. The molecule has 101 heavy (non-hydrogen) atoms. The molecule has 0 amide bonds. The Hall–Kier alpha value is -9.45. The van der Waals surface area contributed by atoms with Gasteiger partial charge in [-0.15, -0.1) is 11.3 Å². The highest BCUT2D eigenvalue weighted by Gasteiger charge is 2.41. The van der Waals surface area contributed by atoms with Gasteiger partial charge in [-0.2, -0.15) is 8.42 Å². The van der Waals surface area contributed by atoms with Crippen LogP contribution in [0.1, 0.15) is 61.2 Å². The Kier molecular flexibility index (Phi) is 22.8. The molecule has 0 bridgehead atoms. The van der Waals surface area contributed by atoms with Gasteiger partial charge in [0.05, 0.1) is 66.1 Å². The normalized spacial score (nSPS) is 12.5. The Balaban J connectivity index is 0.990. The van der Waals surface area contributed by atoms with Crippen molar-refractivity contribution < 1.29 is 64.1 Å². The fourth-order valence-electron chi connectivity index (χ4n) is 11.1. The molecule has 0 saturated heterocycles. The summed E-state index contributed by atoms with van der Waals surface area (Å²) in [5.74, 6) is 2.01. The van der Waals surface area contributed by atoms with Crippen LogP contribution in [0.5, 0.6) is 40.4 Å². The molecule has 0 aliphatic carbocycles. The molecule has 11 aromatic rings. The molecule has 0 N–H and O–H groups in total. The lowest BCUT2D eigenvalue weighted by Crippen LogP contribution is -2.43. The van der Waals surface area contributed by atoms with Crippen molar-refractivity contribution in [2.75, 3.05) is 41.2 Å². The third-order valence-corrected chi connectivity index (χ3v) is 24.7. The number of benzene rings is 8. The first-order valence-corrected chi connectivity index (χ1v) is 38.3. The van der Waals surface area contributed by atoms with E-state index >= 15 is 0 Å². The number of hydrogen-bond acceptors (Lipinski definition) is 18. The predicted molar refractivity (Wildman–Crippen MR) is 393 cm³/mol. The van der Waals surface area contributed by atoms with Crippen LogP contribution < -0.4 is 32.8 Å². The van der Waals surface area contributed by atoms with Gasteiger partial charge in [0.15, 0.2) is 11.6 Å². The summed E-state index contributed by atoms with van der Waals surface area (Å²) < 4.78 is 106. The predicted octanol–water partition coefficient (Wildman–Crippen LogP) is 17.9. The Labute approximate surface area is 602 Å². The van der Waals surface area contributed by atoms with E-state index in [9.17, 15) is 17.6 Å². The molecule has 0 aliphatic rings. The van der Waals surface area contributed by atoms with Crippen molar-refractivity contribution in [1.29, 1.82) is 0 Å². The summed E-state index contributed by atoms with van der Waals surface area (Å²) in [5, 5.41) is 0.155. The second-order valence-corrected chi connectivity index (χ2v) is 33.3. The third kappa shape index (κ3) is 16.6. The second-order valence-electron chi connectivity index (χ2n) is 25.1. The number of esters is 1. The minimum absolute atomic E-state index is 0.0130. The summed E-state index contributed by atoms with van der Waals surface area (Å²) in [5.41, 5.74) is 4.83. The van der Waals surface area contributed by atoms with E-state index in [1.165, 1.54) is 41.9 Å². The molecule has 8 aromatic carbocycles. The summed E-state index contributed by atoms with van der Waals surface area (Å²) in [7, 11) is -2.08. The molecule has 0 aliphatic heterocycles.